The summed E-state index contributed by atoms with van der Waals surface area (Å²) in [6.45, 7) is 4.01. The van der Waals surface area contributed by atoms with E-state index < -0.39 is 36.0 Å². The van der Waals surface area contributed by atoms with Gasteiger partial charge in [-0.25, -0.2) is 0 Å². The number of anilines is 2. The fraction of sp³-hybridized carbons (Fsp3) is 0.385. The van der Waals surface area contributed by atoms with Crippen molar-refractivity contribution in [1.29, 1.82) is 0 Å². The molecule has 4 fully saturated rings. The van der Waals surface area contributed by atoms with Crippen LogP contribution in [0.5, 0.6) is 0 Å². The van der Waals surface area contributed by atoms with Crippen LogP contribution in [0.1, 0.15) is 62.5 Å². The monoisotopic (exact) mass is 1030 g/mol. The molecule has 8 rings (SSSR count). The van der Waals surface area contributed by atoms with Crippen molar-refractivity contribution in [2.45, 2.75) is 73.4 Å². The van der Waals surface area contributed by atoms with Crippen LogP contribution >= 0.6 is 58.2 Å². The van der Waals surface area contributed by atoms with Gasteiger partial charge in [-0.1, -0.05) is 82.4 Å². The molecule has 4 aromatic rings. The molecule has 12 nitrogen and oxygen atoms in total. The zero-order valence-electron chi connectivity index (χ0n) is 37.8. The largest absolute Gasteiger partial charge is 0.481 e. The first-order chi connectivity index (χ1) is 33.1. The zero-order valence-corrected chi connectivity index (χ0v) is 41.7. The van der Waals surface area contributed by atoms with Crippen LogP contribution < -0.4 is 9.80 Å². The number of aliphatic hydroxyl groups is 2. The number of hydrogen-bond donors (Lipinski definition) is 4. The third kappa shape index (κ3) is 11.9. The van der Waals surface area contributed by atoms with E-state index in [0.29, 0.717) is 136 Å². The molecule has 0 unspecified atom stereocenters. The lowest BCUT2D eigenvalue weighted by Gasteiger charge is -2.32. The number of carbonyl (C=O) groups is 4. The van der Waals surface area contributed by atoms with E-state index in [-0.39, 0.29) is 31.9 Å². The van der Waals surface area contributed by atoms with Gasteiger partial charge in [0.05, 0.1) is 44.1 Å². The third-order valence-electron chi connectivity index (χ3n) is 13.7. The van der Waals surface area contributed by atoms with Crippen molar-refractivity contribution in [3.8, 4) is 22.3 Å². The first-order valence-corrected chi connectivity index (χ1v) is 25.7. The average Bonchev–Trinajstić information content (AvgIpc) is 3.36. The number of aliphatic hydroxyl groups excluding tert-OH is 2. The lowest BCUT2D eigenvalue weighted by atomic mass is 9.95. The number of amides is 2. The van der Waals surface area contributed by atoms with Crippen molar-refractivity contribution in [2.75, 3.05) is 62.2 Å². The van der Waals surface area contributed by atoms with Gasteiger partial charge in [0.2, 0.25) is 11.8 Å². The SMILES string of the molecule is O=C(O)C1CCN(c2cccc(-c3cc(Sc4cc(-c5cccc(N6CCC(C(=O)O)CC6)c5)c(C=CC(=O)N5CCC(O)CC5)c(Cl)c4Cl)c(Cl)c(Cl)c3C=CC(=O)N3CCC(O)CC3)c2)CC1. The number of nitrogens with zero attached hydrogens (tertiary/aromatic N) is 4. The summed E-state index contributed by atoms with van der Waals surface area (Å²) in [6, 6.07) is 19.6. The van der Waals surface area contributed by atoms with E-state index in [4.69, 9.17) is 46.4 Å². The van der Waals surface area contributed by atoms with E-state index in [1.165, 1.54) is 23.9 Å². The quantitative estimate of drug-likeness (QED) is 0.1000. The Labute approximate surface area is 426 Å². The van der Waals surface area contributed by atoms with E-state index in [0.717, 1.165) is 22.5 Å². The molecule has 2 amide bonds. The van der Waals surface area contributed by atoms with E-state index in [2.05, 4.69) is 9.80 Å². The maximum atomic E-state index is 13.5. The van der Waals surface area contributed by atoms with Crippen LogP contribution in [0.4, 0.5) is 11.4 Å². The number of halogens is 4. The summed E-state index contributed by atoms with van der Waals surface area (Å²) >= 11 is 30.2. The number of carboxylic acid groups (broad SMARTS) is 2. The molecule has 0 saturated carbocycles. The fourth-order valence-corrected chi connectivity index (χ4v) is 11.7. The summed E-state index contributed by atoms with van der Waals surface area (Å²) in [5.74, 6) is -2.81. The molecule has 0 spiro atoms. The molecule has 4 aromatic carbocycles. The molecule has 4 saturated heterocycles. The number of carboxylic acids is 2. The predicted molar refractivity (Wildman–Crippen MR) is 275 cm³/mol. The molecule has 4 heterocycles. The predicted octanol–water partition coefficient (Wildman–Crippen LogP) is 10.4. The molecule has 69 heavy (non-hydrogen) atoms. The second-order valence-corrected chi connectivity index (χ2v) is 20.7. The van der Waals surface area contributed by atoms with Gasteiger partial charge < -0.3 is 40.0 Å². The number of carbonyl (C=O) groups excluding carboxylic acids is 2. The molecule has 0 atom stereocenters. The van der Waals surface area contributed by atoms with Crippen LogP contribution in [0.25, 0.3) is 34.4 Å². The summed E-state index contributed by atoms with van der Waals surface area (Å²) in [5, 5.41) is 40.2. The normalized spacial score (nSPS) is 18.2. The Hall–Kier alpha value is -4.73. The number of likely N-dealkylation sites (tertiary alicyclic amines) is 2. The highest BCUT2D eigenvalue weighted by molar-refractivity contribution is 7.99. The molecular formula is C52H54Cl4N4O8S. The van der Waals surface area contributed by atoms with E-state index in [1.807, 2.05) is 60.7 Å². The van der Waals surface area contributed by atoms with Crippen LogP contribution in [0.3, 0.4) is 0 Å². The van der Waals surface area contributed by atoms with E-state index in [9.17, 15) is 39.6 Å². The second kappa shape index (κ2) is 22.6. The fourth-order valence-electron chi connectivity index (χ4n) is 9.51. The Balaban J connectivity index is 1.19. The van der Waals surface area contributed by atoms with Crippen LogP contribution in [0.15, 0.2) is 82.6 Å². The number of hydrogen-bond acceptors (Lipinski definition) is 9. The van der Waals surface area contributed by atoms with Crippen LogP contribution in [0, 0.1) is 11.8 Å². The van der Waals surface area contributed by atoms with Crippen molar-refractivity contribution in [1.82, 2.24) is 9.80 Å². The Bertz CT molecular complexity index is 2470. The van der Waals surface area contributed by atoms with Crippen molar-refractivity contribution >= 4 is 105 Å². The highest BCUT2D eigenvalue weighted by Gasteiger charge is 2.28. The van der Waals surface area contributed by atoms with Crippen molar-refractivity contribution in [3.63, 3.8) is 0 Å². The summed E-state index contributed by atoms with van der Waals surface area (Å²) in [4.78, 5) is 59.2. The topological polar surface area (TPSA) is 162 Å². The molecule has 17 heteroatoms. The molecule has 4 N–H and O–H groups in total. The van der Waals surface area contributed by atoms with Crippen LogP contribution in [-0.2, 0) is 19.2 Å². The minimum absolute atomic E-state index is 0.201. The average molecular weight is 1040 g/mol. The summed E-state index contributed by atoms with van der Waals surface area (Å²) < 4.78 is 0. The van der Waals surface area contributed by atoms with E-state index in [1.54, 1.807) is 22.0 Å². The summed E-state index contributed by atoms with van der Waals surface area (Å²) in [7, 11) is 0. The number of piperidine rings is 4. The molecule has 0 aromatic heterocycles. The van der Waals surface area contributed by atoms with Gasteiger partial charge in [-0.3, -0.25) is 19.2 Å². The number of aliphatic carboxylic acids is 2. The van der Waals surface area contributed by atoms with E-state index >= 15 is 0 Å². The molecule has 0 aliphatic carbocycles. The van der Waals surface area contributed by atoms with Crippen LogP contribution in [0.2, 0.25) is 20.1 Å². The van der Waals surface area contributed by atoms with Crippen LogP contribution in [-0.4, -0.2) is 119 Å². The maximum absolute atomic E-state index is 13.5. The lowest BCUT2D eigenvalue weighted by Crippen LogP contribution is -2.39. The second-order valence-electron chi connectivity index (χ2n) is 18.1. The van der Waals surface area contributed by atoms with Crippen molar-refractivity contribution in [2.24, 2.45) is 11.8 Å². The first kappa shape index (κ1) is 50.7. The van der Waals surface area contributed by atoms with Gasteiger partial charge in [-0.15, -0.1) is 0 Å². The van der Waals surface area contributed by atoms with Gasteiger partial charge in [-0.2, -0.15) is 0 Å². The van der Waals surface area contributed by atoms with Gasteiger partial charge >= 0.3 is 11.9 Å². The highest BCUT2D eigenvalue weighted by atomic mass is 35.5. The van der Waals surface area contributed by atoms with Gasteiger partial charge in [0.25, 0.3) is 0 Å². The molecule has 0 bridgehead atoms. The maximum Gasteiger partial charge on any atom is 0.306 e. The first-order valence-electron chi connectivity index (χ1n) is 23.3. The third-order valence-corrected chi connectivity index (χ3v) is 16.8. The lowest BCUT2D eigenvalue weighted by molar-refractivity contribution is -0.143. The van der Waals surface area contributed by atoms with Gasteiger partial charge in [0, 0.05) is 96.8 Å². The Morgan fingerprint density at radius 1 is 0.507 bits per heavy atom. The summed E-state index contributed by atoms with van der Waals surface area (Å²) in [5.41, 5.74) is 5.76. The van der Waals surface area contributed by atoms with Gasteiger partial charge in [0.15, 0.2) is 0 Å². The zero-order chi connectivity index (χ0) is 48.9. The smallest absolute Gasteiger partial charge is 0.306 e. The summed E-state index contributed by atoms with van der Waals surface area (Å²) in [6.07, 6.45) is 9.46. The number of benzene rings is 4. The van der Waals surface area contributed by atoms with Crippen molar-refractivity contribution < 1.29 is 39.6 Å². The molecule has 4 aliphatic rings. The highest BCUT2D eigenvalue weighted by Crippen LogP contribution is 2.49. The standard InChI is InChI=1S/C52H54Cl4N4O8S/c53-47-39(7-9-45(63)59-23-15-37(61)16-24-59)41(33-3-1-5-35(27-33)57-19-11-31(12-20-57)51(65)66)29-43(49(47)55)69-44-30-42(34-4-2-6-36(28-34)58-21-13-32(14-22-58)52(67)68)40(48(54)50(44)56)8-10-46(64)60-25-17-38(62)18-26-60/h1-10,27-32,37-38,61-62H,11-26H2,(H,65,66)(H,67,68). The number of rotatable bonds is 12. The Morgan fingerprint density at radius 3 is 1.22 bits per heavy atom. The molecular weight excluding hydrogens is 982 g/mol. The molecule has 4 aliphatic heterocycles. The molecule has 364 valence electrons. The Kier molecular flexibility index (Phi) is 16.6. The van der Waals surface area contributed by atoms with Crippen molar-refractivity contribution in [3.05, 3.63) is 104 Å². The molecule has 0 radical (unpaired) electrons. The van der Waals surface area contributed by atoms with Gasteiger partial charge in [0.1, 0.15) is 0 Å². The Morgan fingerprint density at radius 2 is 0.870 bits per heavy atom. The minimum atomic E-state index is -0.788. The van der Waals surface area contributed by atoms with Gasteiger partial charge in [-0.05, 0) is 122 Å². The minimum Gasteiger partial charge on any atom is -0.481 e.